The molecule has 0 saturated carbocycles. The van der Waals surface area contributed by atoms with E-state index < -0.39 is 30.7 Å². The quantitative estimate of drug-likeness (QED) is 0.609. The van der Waals surface area contributed by atoms with Crippen LogP contribution in [0.1, 0.15) is 0 Å². The fourth-order valence-corrected chi connectivity index (χ4v) is 0.778. The molecule has 1 heterocycles. The summed E-state index contributed by atoms with van der Waals surface area (Å²) in [5.74, 6) is -15.9. The van der Waals surface area contributed by atoms with Gasteiger partial charge in [0.05, 0.1) is 0 Å². The van der Waals surface area contributed by atoms with Crippen LogP contribution in [0.3, 0.4) is 0 Å². The summed E-state index contributed by atoms with van der Waals surface area (Å²) < 4.78 is 76.9. The molecule has 1 fully saturated rings. The SMILES string of the molecule is OC1OCC(F)(F)C(F)(F)C1(F)F. The van der Waals surface area contributed by atoms with Crippen molar-refractivity contribution in [3.05, 3.63) is 0 Å². The van der Waals surface area contributed by atoms with Gasteiger partial charge in [-0.3, -0.25) is 0 Å². The van der Waals surface area contributed by atoms with E-state index in [-0.39, 0.29) is 0 Å². The molecule has 1 N–H and O–H groups in total. The average molecular weight is 210 g/mol. The standard InChI is InChI=1S/C5H4F6O2/c6-3(7)1-13-2(12)4(8,9)5(3,10)11/h2,12H,1H2. The molecule has 1 aliphatic heterocycles. The van der Waals surface area contributed by atoms with Crippen LogP contribution in [0.4, 0.5) is 26.3 Å². The number of rotatable bonds is 0. The number of alkyl halides is 6. The highest BCUT2D eigenvalue weighted by Crippen LogP contribution is 2.50. The second-order valence-electron chi connectivity index (χ2n) is 2.57. The third-order valence-corrected chi connectivity index (χ3v) is 1.61. The van der Waals surface area contributed by atoms with Gasteiger partial charge >= 0.3 is 17.8 Å². The van der Waals surface area contributed by atoms with E-state index in [0.29, 0.717) is 0 Å². The third kappa shape index (κ3) is 1.19. The van der Waals surface area contributed by atoms with Gasteiger partial charge in [0.2, 0.25) is 6.29 Å². The molecule has 0 spiro atoms. The molecule has 0 aliphatic carbocycles. The Morgan fingerprint density at radius 1 is 1.08 bits per heavy atom. The van der Waals surface area contributed by atoms with Crippen LogP contribution in [-0.2, 0) is 4.74 Å². The van der Waals surface area contributed by atoms with Crippen molar-refractivity contribution in [1.82, 2.24) is 0 Å². The third-order valence-electron chi connectivity index (χ3n) is 1.61. The topological polar surface area (TPSA) is 29.5 Å². The van der Waals surface area contributed by atoms with Gasteiger partial charge in [-0.25, -0.2) is 0 Å². The first-order chi connectivity index (χ1) is 5.63. The van der Waals surface area contributed by atoms with Crippen LogP contribution in [0, 0.1) is 0 Å². The zero-order valence-corrected chi connectivity index (χ0v) is 5.91. The molecule has 1 aliphatic rings. The Bertz CT molecular complexity index is 215. The van der Waals surface area contributed by atoms with Crippen molar-refractivity contribution in [3.63, 3.8) is 0 Å². The summed E-state index contributed by atoms with van der Waals surface area (Å²) in [6.07, 6.45) is -3.21. The first-order valence-corrected chi connectivity index (χ1v) is 3.06. The van der Waals surface area contributed by atoms with Crippen LogP contribution in [0.5, 0.6) is 0 Å². The minimum Gasteiger partial charge on any atom is -0.363 e. The Kier molecular flexibility index (Phi) is 2.04. The van der Waals surface area contributed by atoms with Crippen LogP contribution in [0.25, 0.3) is 0 Å². The van der Waals surface area contributed by atoms with E-state index in [0.717, 1.165) is 0 Å². The van der Waals surface area contributed by atoms with Crippen molar-refractivity contribution in [2.45, 2.75) is 24.1 Å². The lowest BCUT2D eigenvalue weighted by molar-refractivity contribution is -0.414. The van der Waals surface area contributed by atoms with Crippen molar-refractivity contribution in [2.24, 2.45) is 0 Å². The molecule has 1 unspecified atom stereocenters. The van der Waals surface area contributed by atoms with Gasteiger partial charge in [-0.2, -0.15) is 26.3 Å². The minimum absolute atomic E-state index is 1.93. The highest BCUT2D eigenvalue weighted by atomic mass is 19.3. The van der Waals surface area contributed by atoms with E-state index in [1.807, 2.05) is 0 Å². The van der Waals surface area contributed by atoms with Crippen molar-refractivity contribution in [2.75, 3.05) is 6.61 Å². The first kappa shape index (κ1) is 10.6. The second-order valence-corrected chi connectivity index (χ2v) is 2.57. The predicted octanol–water partition coefficient (Wildman–Crippen LogP) is 1.24. The molecule has 0 aromatic carbocycles. The van der Waals surface area contributed by atoms with Gasteiger partial charge < -0.3 is 9.84 Å². The van der Waals surface area contributed by atoms with Gasteiger partial charge in [-0.05, 0) is 0 Å². The van der Waals surface area contributed by atoms with Gasteiger partial charge in [-0.1, -0.05) is 0 Å². The summed E-state index contributed by atoms with van der Waals surface area (Å²) in [6.45, 7) is -1.93. The zero-order valence-electron chi connectivity index (χ0n) is 5.91. The van der Waals surface area contributed by atoms with Crippen LogP contribution >= 0.6 is 0 Å². The van der Waals surface area contributed by atoms with Crippen LogP contribution < -0.4 is 0 Å². The Balaban J connectivity index is 3.07. The monoisotopic (exact) mass is 210 g/mol. The lowest BCUT2D eigenvalue weighted by Gasteiger charge is -2.39. The smallest absolute Gasteiger partial charge is 0.363 e. The van der Waals surface area contributed by atoms with Crippen molar-refractivity contribution < 1.29 is 36.2 Å². The average Bonchev–Trinajstić information content (AvgIpc) is 1.97. The molecular weight excluding hydrogens is 206 g/mol. The van der Waals surface area contributed by atoms with Gasteiger partial charge in [0.15, 0.2) is 0 Å². The van der Waals surface area contributed by atoms with Gasteiger partial charge in [0, 0.05) is 0 Å². The number of aliphatic hydroxyl groups excluding tert-OH is 1. The highest BCUT2D eigenvalue weighted by molar-refractivity contribution is 5.01. The molecule has 2 nitrogen and oxygen atoms in total. The molecule has 0 amide bonds. The lowest BCUT2D eigenvalue weighted by atomic mass is 10.0. The van der Waals surface area contributed by atoms with Gasteiger partial charge in [-0.15, -0.1) is 0 Å². The summed E-state index contributed by atoms with van der Waals surface area (Å²) >= 11 is 0. The van der Waals surface area contributed by atoms with Crippen molar-refractivity contribution >= 4 is 0 Å². The van der Waals surface area contributed by atoms with Crippen LogP contribution in [0.2, 0.25) is 0 Å². The molecule has 13 heavy (non-hydrogen) atoms. The van der Waals surface area contributed by atoms with Gasteiger partial charge in [0.1, 0.15) is 6.61 Å². The van der Waals surface area contributed by atoms with E-state index in [1.165, 1.54) is 0 Å². The fraction of sp³-hybridized carbons (Fsp3) is 1.00. The van der Waals surface area contributed by atoms with Gasteiger partial charge in [0.25, 0.3) is 0 Å². The normalized spacial score (nSPS) is 35.8. The summed E-state index contributed by atoms with van der Waals surface area (Å²) in [7, 11) is 0. The van der Waals surface area contributed by atoms with Crippen molar-refractivity contribution in [1.29, 1.82) is 0 Å². The van der Waals surface area contributed by atoms with E-state index in [1.54, 1.807) is 0 Å². The molecule has 1 saturated heterocycles. The largest absolute Gasteiger partial charge is 0.379 e. The summed E-state index contributed by atoms with van der Waals surface area (Å²) in [5.41, 5.74) is 0. The summed E-state index contributed by atoms with van der Waals surface area (Å²) in [6, 6.07) is 0. The molecule has 0 bridgehead atoms. The van der Waals surface area contributed by atoms with Crippen molar-refractivity contribution in [3.8, 4) is 0 Å². The molecule has 0 aromatic rings. The maximum absolute atomic E-state index is 12.3. The van der Waals surface area contributed by atoms with Crippen LogP contribution in [0.15, 0.2) is 0 Å². The fourth-order valence-electron chi connectivity index (χ4n) is 0.778. The predicted molar refractivity (Wildman–Crippen MR) is 26.8 cm³/mol. The molecule has 1 atom stereocenters. The number of hydrogen-bond acceptors (Lipinski definition) is 2. The van der Waals surface area contributed by atoms with E-state index >= 15 is 0 Å². The number of ether oxygens (including phenoxy) is 1. The highest BCUT2D eigenvalue weighted by Gasteiger charge is 2.77. The zero-order chi connectivity index (χ0) is 10.5. The van der Waals surface area contributed by atoms with E-state index in [2.05, 4.69) is 4.74 Å². The minimum atomic E-state index is -5.60. The summed E-state index contributed by atoms with van der Waals surface area (Å²) in [4.78, 5) is 0. The maximum atomic E-state index is 12.3. The summed E-state index contributed by atoms with van der Waals surface area (Å²) in [5, 5.41) is 8.22. The number of halogens is 6. The molecule has 1 rings (SSSR count). The second kappa shape index (κ2) is 2.50. The lowest BCUT2D eigenvalue weighted by Crippen LogP contribution is -2.66. The molecule has 0 aromatic heterocycles. The van der Waals surface area contributed by atoms with E-state index in [9.17, 15) is 26.3 Å². The Morgan fingerprint density at radius 2 is 1.54 bits per heavy atom. The maximum Gasteiger partial charge on any atom is 0.379 e. The Morgan fingerprint density at radius 3 is 1.92 bits per heavy atom. The van der Waals surface area contributed by atoms with Crippen LogP contribution in [-0.4, -0.2) is 35.8 Å². The van der Waals surface area contributed by atoms with E-state index in [4.69, 9.17) is 5.11 Å². The molecule has 78 valence electrons. The number of aliphatic hydroxyl groups is 1. The molecular formula is C5H4F6O2. The number of hydrogen-bond donors (Lipinski definition) is 1. The Hall–Kier alpha value is -0.500. The Labute approximate surface area is 68.1 Å². The molecule has 8 heteroatoms. The first-order valence-electron chi connectivity index (χ1n) is 3.06. The molecule has 0 radical (unpaired) electrons.